The van der Waals surface area contributed by atoms with Crippen LogP contribution in [0.5, 0.6) is 0 Å². The number of carbonyl (C=O) groups is 1. The molecule has 0 fully saturated rings. The summed E-state index contributed by atoms with van der Waals surface area (Å²) in [4.78, 5) is 15.1. The van der Waals surface area contributed by atoms with Crippen LogP contribution in [0.3, 0.4) is 0 Å². The van der Waals surface area contributed by atoms with E-state index in [1.165, 1.54) is 22.7 Å². The third kappa shape index (κ3) is 1.18. The molecule has 0 aliphatic heterocycles. The molecule has 2 aromatic heterocycles. The summed E-state index contributed by atoms with van der Waals surface area (Å²) < 4.78 is 14.5. The van der Waals surface area contributed by atoms with Gasteiger partial charge in [0.1, 0.15) is 5.69 Å². The van der Waals surface area contributed by atoms with Gasteiger partial charge < -0.3 is 5.73 Å². The number of pyridine rings is 1. The van der Waals surface area contributed by atoms with E-state index in [1.54, 1.807) is 6.20 Å². The maximum absolute atomic E-state index is 13.1. The smallest absolute Gasteiger partial charge is 0.194 e. The van der Waals surface area contributed by atoms with Crippen molar-refractivity contribution >= 4 is 11.4 Å². The normalized spacial score (nSPS) is 10.7. The van der Waals surface area contributed by atoms with Crippen molar-refractivity contribution < 1.29 is 9.18 Å². The first-order valence-corrected chi connectivity index (χ1v) is 4.09. The van der Waals surface area contributed by atoms with Crippen LogP contribution in [0.1, 0.15) is 10.5 Å². The third-order valence-electron chi connectivity index (χ3n) is 1.96. The summed E-state index contributed by atoms with van der Waals surface area (Å²) in [6, 6.07) is 2.80. The number of hydrogen-bond donors (Lipinski definition) is 1. The molecule has 0 atom stereocenters. The zero-order chi connectivity index (χ0) is 10.1. The van der Waals surface area contributed by atoms with Gasteiger partial charge in [0.05, 0.1) is 12.7 Å². The molecule has 0 saturated heterocycles. The molecule has 0 aliphatic rings. The maximum atomic E-state index is 13.1. The Kier molecular flexibility index (Phi) is 2.01. The number of ketones is 1. The first kappa shape index (κ1) is 8.83. The van der Waals surface area contributed by atoms with Gasteiger partial charge in [-0.15, -0.1) is 0 Å². The lowest BCUT2D eigenvalue weighted by Gasteiger charge is -1.98. The topological polar surface area (TPSA) is 60.4 Å². The second kappa shape index (κ2) is 3.19. The highest BCUT2D eigenvalue weighted by Crippen LogP contribution is 2.10. The minimum Gasteiger partial charge on any atom is -0.324 e. The first-order valence-electron chi connectivity index (χ1n) is 4.09. The fraction of sp³-hybridized carbons (Fsp3) is 0.111. The number of halogens is 1. The fourth-order valence-corrected chi connectivity index (χ4v) is 1.29. The van der Waals surface area contributed by atoms with Crippen LogP contribution in [0.25, 0.3) is 5.65 Å². The van der Waals surface area contributed by atoms with E-state index < -0.39 is 5.82 Å². The molecule has 0 spiro atoms. The van der Waals surface area contributed by atoms with E-state index in [2.05, 4.69) is 4.98 Å². The van der Waals surface area contributed by atoms with E-state index in [1.807, 2.05) is 0 Å². The Hall–Kier alpha value is -1.75. The van der Waals surface area contributed by atoms with Crippen LogP contribution in [-0.2, 0) is 0 Å². The van der Waals surface area contributed by atoms with Crippen molar-refractivity contribution in [2.45, 2.75) is 0 Å². The van der Waals surface area contributed by atoms with Gasteiger partial charge in [-0.1, -0.05) is 0 Å². The zero-order valence-corrected chi connectivity index (χ0v) is 7.27. The predicted octanol–water partition coefficient (Wildman–Crippen LogP) is 0.615. The zero-order valence-electron chi connectivity index (χ0n) is 7.27. The number of nitrogens with two attached hydrogens (primary N) is 1. The molecule has 2 heterocycles. The maximum Gasteiger partial charge on any atom is 0.194 e. The van der Waals surface area contributed by atoms with Gasteiger partial charge in [0, 0.05) is 6.20 Å². The monoisotopic (exact) mass is 193 g/mol. The highest BCUT2D eigenvalue weighted by Gasteiger charge is 2.11. The molecule has 2 rings (SSSR count). The lowest BCUT2D eigenvalue weighted by atomic mass is 10.3. The minimum atomic E-state index is -0.455. The first-order chi connectivity index (χ1) is 6.74. The lowest BCUT2D eigenvalue weighted by Crippen LogP contribution is -2.15. The van der Waals surface area contributed by atoms with E-state index >= 15 is 0 Å². The van der Waals surface area contributed by atoms with Gasteiger partial charge in [0.15, 0.2) is 17.2 Å². The fourth-order valence-electron chi connectivity index (χ4n) is 1.29. The van der Waals surface area contributed by atoms with Crippen molar-refractivity contribution in [2.75, 3.05) is 6.54 Å². The molecule has 14 heavy (non-hydrogen) atoms. The average Bonchev–Trinajstić information content (AvgIpc) is 2.62. The molecule has 72 valence electrons. The second-order valence-electron chi connectivity index (χ2n) is 2.82. The number of Topliss-reactive ketones (excluding diaryl/α,β-unsaturated/α-hetero) is 1. The standard InChI is InChI=1S/C9H8FN3O/c10-6-2-1-3-13-7(8(14)4-11)5-12-9(6)13/h1-3,5H,4,11H2. The highest BCUT2D eigenvalue weighted by molar-refractivity contribution is 5.96. The molecule has 0 unspecified atom stereocenters. The lowest BCUT2D eigenvalue weighted by molar-refractivity contribution is 0.0996. The summed E-state index contributed by atoms with van der Waals surface area (Å²) in [5.41, 5.74) is 5.66. The van der Waals surface area contributed by atoms with E-state index in [0.717, 1.165) is 0 Å². The molecular weight excluding hydrogens is 185 g/mol. The number of imidazole rings is 1. The molecule has 2 N–H and O–H groups in total. The van der Waals surface area contributed by atoms with Crippen molar-refractivity contribution in [1.82, 2.24) is 9.38 Å². The Morgan fingerprint density at radius 2 is 2.43 bits per heavy atom. The van der Waals surface area contributed by atoms with Crippen LogP contribution in [0.2, 0.25) is 0 Å². The minimum absolute atomic E-state index is 0.107. The van der Waals surface area contributed by atoms with Gasteiger partial charge in [0.25, 0.3) is 0 Å². The van der Waals surface area contributed by atoms with Crippen molar-refractivity contribution in [3.8, 4) is 0 Å². The number of rotatable bonds is 2. The van der Waals surface area contributed by atoms with Crippen molar-refractivity contribution in [2.24, 2.45) is 5.73 Å². The molecule has 5 heteroatoms. The molecule has 0 radical (unpaired) electrons. The molecule has 0 saturated carbocycles. The number of nitrogens with zero attached hydrogens (tertiary/aromatic N) is 2. The summed E-state index contributed by atoms with van der Waals surface area (Å²) in [7, 11) is 0. The Bertz CT molecular complexity index is 492. The van der Waals surface area contributed by atoms with E-state index in [-0.39, 0.29) is 18.0 Å². The molecular formula is C9H8FN3O. The average molecular weight is 193 g/mol. The van der Waals surface area contributed by atoms with Gasteiger partial charge in [-0.25, -0.2) is 9.37 Å². The Morgan fingerprint density at radius 1 is 1.64 bits per heavy atom. The molecule has 4 nitrogen and oxygen atoms in total. The third-order valence-corrected chi connectivity index (χ3v) is 1.96. The Morgan fingerprint density at radius 3 is 3.14 bits per heavy atom. The van der Waals surface area contributed by atoms with Crippen molar-refractivity contribution in [1.29, 1.82) is 0 Å². The highest BCUT2D eigenvalue weighted by atomic mass is 19.1. The SMILES string of the molecule is NCC(=O)c1cnc2c(F)cccn12. The number of hydrogen-bond acceptors (Lipinski definition) is 3. The molecule has 0 amide bonds. The predicted molar refractivity (Wildman–Crippen MR) is 48.5 cm³/mol. The molecule has 0 bridgehead atoms. The second-order valence-corrected chi connectivity index (χ2v) is 2.82. The molecule has 0 aliphatic carbocycles. The molecule has 0 aromatic carbocycles. The van der Waals surface area contributed by atoms with E-state index in [9.17, 15) is 9.18 Å². The summed E-state index contributed by atoms with van der Waals surface area (Å²) >= 11 is 0. The largest absolute Gasteiger partial charge is 0.324 e. The van der Waals surface area contributed by atoms with E-state index in [4.69, 9.17) is 5.73 Å². The summed E-state index contributed by atoms with van der Waals surface area (Å²) in [5.74, 6) is -0.716. The van der Waals surface area contributed by atoms with Crippen LogP contribution >= 0.6 is 0 Å². The number of carbonyl (C=O) groups excluding carboxylic acids is 1. The van der Waals surface area contributed by atoms with Gasteiger partial charge in [-0.3, -0.25) is 9.20 Å². The number of fused-ring (bicyclic) bond motifs is 1. The van der Waals surface area contributed by atoms with Gasteiger partial charge in [-0.2, -0.15) is 0 Å². The number of aromatic nitrogens is 2. The van der Waals surface area contributed by atoms with Crippen LogP contribution in [0.4, 0.5) is 4.39 Å². The van der Waals surface area contributed by atoms with Crippen LogP contribution in [-0.4, -0.2) is 21.7 Å². The summed E-state index contributed by atoms with van der Waals surface area (Å²) in [5, 5.41) is 0. The Balaban J connectivity index is 2.70. The van der Waals surface area contributed by atoms with Crippen molar-refractivity contribution in [3.05, 3.63) is 36.0 Å². The van der Waals surface area contributed by atoms with Crippen LogP contribution < -0.4 is 5.73 Å². The quantitative estimate of drug-likeness (QED) is 0.711. The van der Waals surface area contributed by atoms with Gasteiger partial charge in [0.2, 0.25) is 0 Å². The Labute approximate surface area is 79.2 Å². The van der Waals surface area contributed by atoms with Crippen LogP contribution in [0, 0.1) is 5.82 Å². The van der Waals surface area contributed by atoms with Gasteiger partial charge in [-0.05, 0) is 12.1 Å². The van der Waals surface area contributed by atoms with Gasteiger partial charge >= 0.3 is 0 Å². The van der Waals surface area contributed by atoms with Crippen LogP contribution in [0.15, 0.2) is 24.5 Å². The van der Waals surface area contributed by atoms with E-state index in [0.29, 0.717) is 5.69 Å². The summed E-state index contributed by atoms with van der Waals surface area (Å²) in [6.07, 6.45) is 2.90. The summed E-state index contributed by atoms with van der Waals surface area (Å²) in [6.45, 7) is -0.107. The van der Waals surface area contributed by atoms with Crippen molar-refractivity contribution in [3.63, 3.8) is 0 Å². The molecule has 2 aromatic rings.